The van der Waals surface area contributed by atoms with E-state index in [4.69, 9.17) is 0 Å². The predicted molar refractivity (Wildman–Crippen MR) is 50.4 cm³/mol. The molecule has 0 saturated heterocycles. The van der Waals surface area contributed by atoms with Gasteiger partial charge in [-0.15, -0.1) is 6.58 Å². The van der Waals surface area contributed by atoms with Crippen LogP contribution in [0.3, 0.4) is 0 Å². The van der Waals surface area contributed by atoms with Crippen molar-refractivity contribution >= 4 is 5.91 Å². The zero-order valence-electron chi connectivity index (χ0n) is 7.66. The van der Waals surface area contributed by atoms with Crippen LogP contribution < -0.4 is 5.32 Å². The summed E-state index contributed by atoms with van der Waals surface area (Å²) in [7, 11) is 1.79. The molecule has 1 aromatic rings. The van der Waals surface area contributed by atoms with Crippen molar-refractivity contribution in [3.8, 4) is 0 Å². The molecule has 0 unspecified atom stereocenters. The number of hydrogen-bond donors (Lipinski definition) is 1. The number of carbonyl (C=O) groups excluding carboxylic acids is 1. The molecule has 70 valence electrons. The van der Waals surface area contributed by atoms with Gasteiger partial charge in [-0.05, 0) is 6.42 Å². The standard InChI is InChI=1S/C9H13N3O/c1-3-4-5-11-9(13)8-10-6-7-12(8)2/h3,6-7H,1,4-5H2,2H3,(H,11,13). The van der Waals surface area contributed by atoms with E-state index in [1.165, 1.54) is 0 Å². The highest BCUT2D eigenvalue weighted by Gasteiger charge is 2.08. The van der Waals surface area contributed by atoms with Gasteiger partial charge in [0.15, 0.2) is 5.82 Å². The Kier molecular flexibility index (Phi) is 3.25. The third kappa shape index (κ3) is 2.43. The summed E-state index contributed by atoms with van der Waals surface area (Å²) in [5, 5.41) is 2.73. The van der Waals surface area contributed by atoms with Crippen LogP contribution in [0.25, 0.3) is 0 Å². The number of nitrogens with zero attached hydrogens (tertiary/aromatic N) is 2. The van der Waals surface area contributed by atoms with E-state index in [0.29, 0.717) is 12.4 Å². The number of aromatic nitrogens is 2. The van der Waals surface area contributed by atoms with E-state index in [2.05, 4.69) is 16.9 Å². The molecule has 13 heavy (non-hydrogen) atoms. The lowest BCUT2D eigenvalue weighted by atomic mass is 10.4. The van der Waals surface area contributed by atoms with Gasteiger partial charge in [-0.25, -0.2) is 4.98 Å². The van der Waals surface area contributed by atoms with Crippen LogP contribution in [-0.4, -0.2) is 22.0 Å². The van der Waals surface area contributed by atoms with E-state index in [1.54, 1.807) is 30.1 Å². The summed E-state index contributed by atoms with van der Waals surface area (Å²) in [5.41, 5.74) is 0. The Bertz CT molecular complexity index is 304. The second-order valence-electron chi connectivity index (χ2n) is 2.70. The molecule has 1 rings (SSSR count). The molecule has 1 amide bonds. The molecule has 1 heterocycles. The number of nitrogens with one attached hydrogen (secondary N) is 1. The smallest absolute Gasteiger partial charge is 0.287 e. The van der Waals surface area contributed by atoms with Gasteiger partial charge in [0.2, 0.25) is 0 Å². The van der Waals surface area contributed by atoms with Gasteiger partial charge in [0, 0.05) is 26.0 Å². The molecule has 0 saturated carbocycles. The van der Waals surface area contributed by atoms with E-state index in [9.17, 15) is 4.79 Å². The Hall–Kier alpha value is -1.58. The Labute approximate surface area is 77.3 Å². The van der Waals surface area contributed by atoms with Crippen LogP contribution in [0.15, 0.2) is 25.0 Å². The number of hydrogen-bond acceptors (Lipinski definition) is 2. The second kappa shape index (κ2) is 4.45. The molecule has 0 aromatic carbocycles. The minimum Gasteiger partial charge on any atom is -0.349 e. The van der Waals surface area contributed by atoms with Gasteiger partial charge in [0.1, 0.15) is 0 Å². The van der Waals surface area contributed by atoms with Gasteiger partial charge in [-0.1, -0.05) is 6.08 Å². The fourth-order valence-corrected chi connectivity index (χ4v) is 0.951. The van der Waals surface area contributed by atoms with Crippen molar-refractivity contribution in [2.75, 3.05) is 6.54 Å². The van der Waals surface area contributed by atoms with Crippen molar-refractivity contribution in [1.29, 1.82) is 0 Å². The Morgan fingerprint density at radius 1 is 1.85 bits per heavy atom. The Morgan fingerprint density at radius 2 is 2.62 bits per heavy atom. The summed E-state index contributed by atoms with van der Waals surface area (Å²) in [5.74, 6) is 0.290. The SMILES string of the molecule is C=CCCNC(=O)c1nccn1C. The van der Waals surface area contributed by atoms with E-state index < -0.39 is 0 Å². The minimum absolute atomic E-state index is 0.144. The van der Waals surface area contributed by atoms with Crippen molar-refractivity contribution in [2.45, 2.75) is 6.42 Å². The summed E-state index contributed by atoms with van der Waals surface area (Å²) >= 11 is 0. The molecule has 1 aromatic heterocycles. The summed E-state index contributed by atoms with van der Waals surface area (Å²) in [6, 6.07) is 0. The van der Waals surface area contributed by atoms with Crippen LogP contribution in [0, 0.1) is 0 Å². The highest BCUT2D eigenvalue weighted by Crippen LogP contribution is 1.93. The molecule has 4 heteroatoms. The number of imidazole rings is 1. The van der Waals surface area contributed by atoms with Crippen LogP contribution in [0.2, 0.25) is 0 Å². The van der Waals surface area contributed by atoms with Gasteiger partial charge in [-0.3, -0.25) is 4.79 Å². The summed E-state index contributed by atoms with van der Waals surface area (Å²) < 4.78 is 1.68. The number of carbonyl (C=O) groups is 1. The van der Waals surface area contributed by atoms with E-state index in [-0.39, 0.29) is 5.91 Å². The first-order chi connectivity index (χ1) is 6.25. The fraction of sp³-hybridized carbons (Fsp3) is 0.333. The van der Waals surface area contributed by atoms with Crippen molar-refractivity contribution in [2.24, 2.45) is 7.05 Å². The maximum absolute atomic E-state index is 11.4. The van der Waals surface area contributed by atoms with Crippen LogP contribution in [-0.2, 0) is 7.05 Å². The molecule has 0 fully saturated rings. The maximum atomic E-state index is 11.4. The number of aryl methyl sites for hydroxylation is 1. The van der Waals surface area contributed by atoms with Gasteiger partial charge in [-0.2, -0.15) is 0 Å². The Morgan fingerprint density at radius 3 is 3.15 bits per heavy atom. The van der Waals surface area contributed by atoms with E-state index in [0.717, 1.165) is 6.42 Å². The third-order valence-electron chi connectivity index (χ3n) is 1.66. The quantitative estimate of drug-likeness (QED) is 0.547. The molecule has 0 aliphatic carbocycles. The molecular weight excluding hydrogens is 166 g/mol. The van der Waals surface area contributed by atoms with E-state index >= 15 is 0 Å². The highest BCUT2D eigenvalue weighted by atomic mass is 16.2. The third-order valence-corrected chi connectivity index (χ3v) is 1.66. The molecular formula is C9H13N3O. The van der Waals surface area contributed by atoms with Gasteiger partial charge in [0.05, 0.1) is 0 Å². The van der Waals surface area contributed by atoms with Crippen LogP contribution in [0.4, 0.5) is 0 Å². The zero-order chi connectivity index (χ0) is 9.68. The normalized spacial score (nSPS) is 9.62. The zero-order valence-corrected chi connectivity index (χ0v) is 7.66. The monoisotopic (exact) mass is 179 g/mol. The largest absolute Gasteiger partial charge is 0.349 e. The van der Waals surface area contributed by atoms with E-state index in [1.807, 2.05) is 0 Å². The fourth-order valence-electron chi connectivity index (χ4n) is 0.951. The summed E-state index contributed by atoms with van der Waals surface area (Å²) in [4.78, 5) is 15.3. The first-order valence-electron chi connectivity index (χ1n) is 4.12. The molecule has 4 nitrogen and oxygen atoms in total. The molecule has 0 aliphatic rings. The highest BCUT2D eigenvalue weighted by molar-refractivity contribution is 5.90. The average molecular weight is 179 g/mol. The molecule has 0 radical (unpaired) electrons. The minimum atomic E-state index is -0.144. The van der Waals surface area contributed by atoms with Gasteiger partial charge in [0.25, 0.3) is 5.91 Å². The molecule has 0 spiro atoms. The summed E-state index contributed by atoms with van der Waals surface area (Å²) in [6.07, 6.45) is 5.87. The van der Waals surface area contributed by atoms with Crippen molar-refractivity contribution in [3.05, 3.63) is 30.9 Å². The van der Waals surface area contributed by atoms with Crippen molar-refractivity contribution < 1.29 is 4.79 Å². The van der Waals surface area contributed by atoms with Gasteiger partial charge >= 0.3 is 0 Å². The average Bonchev–Trinajstić information content (AvgIpc) is 2.52. The summed E-state index contributed by atoms with van der Waals surface area (Å²) in [6.45, 7) is 4.17. The van der Waals surface area contributed by atoms with Crippen LogP contribution in [0.5, 0.6) is 0 Å². The van der Waals surface area contributed by atoms with Crippen LogP contribution in [0.1, 0.15) is 17.0 Å². The molecule has 0 aliphatic heterocycles. The number of rotatable bonds is 4. The lowest BCUT2D eigenvalue weighted by Gasteiger charge is -2.02. The Balaban J connectivity index is 2.49. The molecule has 0 atom stereocenters. The molecule has 1 N–H and O–H groups in total. The first kappa shape index (κ1) is 9.51. The van der Waals surface area contributed by atoms with Crippen molar-refractivity contribution in [1.82, 2.24) is 14.9 Å². The maximum Gasteiger partial charge on any atom is 0.287 e. The van der Waals surface area contributed by atoms with Gasteiger partial charge < -0.3 is 9.88 Å². The van der Waals surface area contributed by atoms with Crippen LogP contribution >= 0.6 is 0 Å². The molecule has 0 bridgehead atoms. The first-order valence-corrected chi connectivity index (χ1v) is 4.12. The lowest BCUT2D eigenvalue weighted by molar-refractivity contribution is 0.0941. The topological polar surface area (TPSA) is 46.9 Å². The van der Waals surface area contributed by atoms with Crippen molar-refractivity contribution in [3.63, 3.8) is 0 Å². The second-order valence-corrected chi connectivity index (χ2v) is 2.70. The predicted octanol–water partition coefficient (Wildman–Crippen LogP) is 0.726. The number of amides is 1. The lowest BCUT2D eigenvalue weighted by Crippen LogP contribution is -2.26.